The first-order chi connectivity index (χ1) is 4.38. The fourth-order valence-electron chi connectivity index (χ4n) is 0.756. The van der Waals surface area contributed by atoms with Crippen molar-refractivity contribution in [3.05, 3.63) is 22.5 Å². The molecule has 0 fully saturated rings. The van der Waals surface area contributed by atoms with Crippen molar-refractivity contribution in [1.82, 2.24) is 9.38 Å². The lowest BCUT2D eigenvalue weighted by Gasteiger charge is -1.74. The van der Waals surface area contributed by atoms with Gasteiger partial charge in [-0.2, -0.15) is 0 Å². The number of aromatic nitrogens is 2. The van der Waals surface area contributed by atoms with Crippen LogP contribution < -0.4 is 0 Å². The van der Waals surface area contributed by atoms with Crippen molar-refractivity contribution in [3.8, 4) is 0 Å². The minimum atomic E-state index is 0.770. The summed E-state index contributed by atoms with van der Waals surface area (Å²) in [6.07, 6.45) is 3.87. The van der Waals surface area contributed by atoms with Crippen molar-refractivity contribution >= 4 is 28.4 Å². The van der Waals surface area contributed by atoms with Crippen LogP contribution in [-0.4, -0.2) is 9.38 Å². The Kier molecular flexibility index (Phi) is 0.972. The minimum Gasteiger partial charge on any atom is -0.336 e. The van der Waals surface area contributed by atoms with Gasteiger partial charge in [-0.1, -0.05) is 0 Å². The first-order valence-corrected chi connectivity index (χ1v) is 3.80. The van der Waals surface area contributed by atoms with E-state index in [0.29, 0.717) is 0 Å². The Balaban J connectivity index is 3.17. The second-order valence-electron chi connectivity index (χ2n) is 1.71. The molecule has 2 aromatic heterocycles. The Morgan fingerprint density at radius 3 is 3.33 bits per heavy atom. The molecule has 0 saturated carbocycles. The van der Waals surface area contributed by atoms with Gasteiger partial charge in [0.1, 0.15) is 4.83 Å². The highest BCUT2D eigenvalue weighted by Crippen LogP contribution is 2.09. The third kappa shape index (κ3) is 0.635. The average Bonchev–Trinajstić information content (AvgIpc) is 2.35. The fourth-order valence-corrected chi connectivity index (χ4v) is 1.75. The molecular formula is C5H4N2S2. The highest BCUT2D eigenvalue weighted by Gasteiger charge is 1.91. The molecule has 4 heteroatoms. The third-order valence-corrected chi connectivity index (χ3v) is 2.30. The van der Waals surface area contributed by atoms with Gasteiger partial charge in [0.15, 0.2) is 4.77 Å². The maximum atomic E-state index is 4.95. The van der Waals surface area contributed by atoms with Gasteiger partial charge in [0.25, 0.3) is 0 Å². The lowest BCUT2D eigenvalue weighted by molar-refractivity contribution is 1.14. The summed E-state index contributed by atoms with van der Waals surface area (Å²) in [4.78, 5) is 4.11. The molecule has 0 radical (unpaired) electrons. The van der Waals surface area contributed by atoms with Crippen LogP contribution in [0.15, 0.2) is 17.8 Å². The quantitative estimate of drug-likeness (QED) is 0.579. The molecule has 0 aliphatic heterocycles. The topological polar surface area (TPSA) is 20.2 Å². The van der Waals surface area contributed by atoms with Crippen LogP contribution in [0.2, 0.25) is 0 Å². The number of imidazole rings is 1. The van der Waals surface area contributed by atoms with E-state index in [-0.39, 0.29) is 0 Å². The van der Waals surface area contributed by atoms with Crippen molar-refractivity contribution in [2.24, 2.45) is 0 Å². The van der Waals surface area contributed by atoms with E-state index in [1.807, 2.05) is 22.2 Å². The molecular weight excluding hydrogens is 152 g/mol. The highest BCUT2D eigenvalue weighted by atomic mass is 32.1. The van der Waals surface area contributed by atoms with E-state index in [1.165, 1.54) is 4.83 Å². The lowest BCUT2D eigenvalue weighted by atomic mass is 10.9. The molecule has 0 aliphatic rings. The number of nitrogens with zero attached hydrogens (tertiary/aromatic N) is 1. The summed E-state index contributed by atoms with van der Waals surface area (Å²) in [5.74, 6) is 0. The zero-order valence-corrected chi connectivity index (χ0v) is 6.13. The molecule has 0 aliphatic carbocycles. The Morgan fingerprint density at radius 2 is 2.56 bits per heavy atom. The molecule has 0 spiro atoms. The van der Waals surface area contributed by atoms with Crippen molar-refractivity contribution in [3.63, 3.8) is 0 Å². The maximum absolute atomic E-state index is 4.95. The molecule has 0 unspecified atom stereocenters. The van der Waals surface area contributed by atoms with Gasteiger partial charge in [-0.05, 0) is 12.2 Å². The summed E-state index contributed by atoms with van der Waals surface area (Å²) >= 11 is 6.63. The van der Waals surface area contributed by atoms with E-state index in [1.54, 1.807) is 11.3 Å². The highest BCUT2D eigenvalue weighted by molar-refractivity contribution is 7.71. The number of fused-ring (bicyclic) bond motifs is 1. The normalized spacial score (nSPS) is 10.7. The first-order valence-electron chi connectivity index (χ1n) is 2.51. The van der Waals surface area contributed by atoms with E-state index in [2.05, 4.69) is 4.98 Å². The summed E-state index contributed by atoms with van der Waals surface area (Å²) in [6, 6.07) is 0. The number of rotatable bonds is 0. The van der Waals surface area contributed by atoms with Crippen LogP contribution in [0.4, 0.5) is 0 Å². The van der Waals surface area contributed by atoms with E-state index in [9.17, 15) is 0 Å². The van der Waals surface area contributed by atoms with Crippen LogP contribution in [0, 0.1) is 4.77 Å². The summed E-state index contributed by atoms with van der Waals surface area (Å²) in [7, 11) is 0. The molecule has 0 bridgehead atoms. The van der Waals surface area contributed by atoms with E-state index in [0.717, 1.165) is 4.77 Å². The molecule has 2 heterocycles. The number of H-pyrrole nitrogens is 1. The molecule has 46 valence electrons. The van der Waals surface area contributed by atoms with Gasteiger partial charge in [0, 0.05) is 17.8 Å². The SMILES string of the molecule is S=c1[nH]cc2sccn12. The average molecular weight is 156 g/mol. The molecule has 1 N–H and O–H groups in total. The number of hydrogen-bond donors (Lipinski definition) is 1. The second-order valence-corrected chi connectivity index (χ2v) is 3.02. The van der Waals surface area contributed by atoms with Crippen molar-refractivity contribution in [1.29, 1.82) is 0 Å². The fraction of sp³-hybridized carbons (Fsp3) is 0. The largest absolute Gasteiger partial charge is 0.336 e. The molecule has 0 amide bonds. The molecule has 2 nitrogen and oxygen atoms in total. The Morgan fingerprint density at radius 1 is 1.67 bits per heavy atom. The van der Waals surface area contributed by atoms with Gasteiger partial charge in [-0.3, -0.25) is 4.40 Å². The predicted octanol–water partition coefficient (Wildman–Crippen LogP) is 2.06. The van der Waals surface area contributed by atoms with Crippen LogP contribution >= 0.6 is 23.6 Å². The van der Waals surface area contributed by atoms with Gasteiger partial charge in [-0.15, -0.1) is 11.3 Å². The summed E-state index contributed by atoms with van der Waals surface area (Å²) in [5, 5.41) is 2.01. The number of thiazole rings is 1. The van der Waals surface area contributed by atoms with Gasteiger partial charge in [0.05, 0.1) is 0 Å². The molecule has 2 aromatic rings. The zero-order valence-electron chi connectivity index (χ0n) is 4.50. The standard InChI is InChI=1S/C5H4N2S2/c8-5-6-3-4-7(5)1-2-9-4/h1-3H,(H,6,8). The molecule has 9 heavy (non-hydrogen) atoms. The third-order valence-electron chi connectivity index (χ3n) is 1.17. The minimum absolute atomic E-state index is 0.770. The first kappa shape index (κ1) is 5.20. The Labute approximate surface area is 60.8 Å². The van der Waals surface area contributed by atoms with E-state index < -0.39 is 0 Å². The second kappa shape index (κ2) is 1.68. The molecule has 0 saturated heterocycles. The Hall–Kier alpha value is -0.610. The summed E-state index contributed by atoms with van der Waals surface area (Å²) < 4.78 is 2.71. The van der Waals surface area contributed by atoms with Crippen LogP contribution in [0.25, 0.3) is 4.83 Å². The summed E-state index contributed by atoms with van der Waals surface area (Å²) in [6.45, 7) is 0. The van der Waals surface area contributed by atoms with E-state index in [4.69, 9.17) is 12.2 Å². The van der Waals surface area contributed by atoms with Gasteiger partial charge in [0.2, 0.25) is 0 Å². The number of aromatic amines is 1. The Bertz CT molecular complexity index is 367. The van der Waals surface area contributed by atoms with Crippen LogP contribution in [-0.2, 0) is 0 Å². The lowest BCUT2D eigenvalue weighted by Crippen LogP contribution is -1.71. The zero-order chi connectivity index (χ0) is 6.27. The number of hydrogen-bond acceptors (Lipinski definition) is 2. The summed E-state index contributed by atoms with van der Waals surface area (Å²) in [5.41, 5.74) is 0. The molecule has 2 rings (SSSR count). The smallest absolute Gasteiger partial charge is 0.182 e. The predicted molar refractivity (Wildman–Crippen MR) is 40.5 cm³/mol. The van der Waals surface area contributed by atoms with Crippen LogP contribution in [0.5, 0.6) is 0 Å². The monoisotopic (exact) mass is 156 g/mol. The van der Waals surface area contributed by atoms with Gasteiger partial charge >= 0.3 is 0 Å². The van der Waals surface area contributed by atoms with E-state index >= 15 is 0 Å². The van der Waals surface area contributed by atoms with Crippen molar-refractivity contribution in [2.75, 3.05) is 0 Å². The maximum Gasteiger partial charge on any atom is 0.182 e. The number of nitrogens with one attached hydrogen (secondary N) is 1. The van der Waals surface area contributed by atoms with Gasteiger partial charge < -0.3 is 4.98 Å². The van der Waals surface area contributed by atoms with Crippen molar-refractivity contribution < 1.29 is 0 Å². The molecule has 0 atom stereocenters. The molecule has 0 aromatic carbocycles. The van der Waals surface area contributed by atoms with Crippen LogP contribution in [0.3, 0.4) is 0 Å². The van der Waals surface area contributed by atoms with Gasteiger partial charge in [-0.25, -0.2) is 0 Å². The van der Waals surface area contributed by atoms with Crippen LogP contribution in [0.1, 0.15) is 0 Å². The van der Waals surface area contributed by atoms with Crippen molar-refractivity contribution in [2.45, 2.75) is 0 Å².